The zero-order chi connectivity index (χ0) is 25.1. The second-order valence-corrected chi connectivity index (χ2v) is 18.2. The summed E-state index contributed by atoms with van der Waals surface area (Å²) in [7, 11) is 0.256. The van der Waals surface area contributed by atoms with Crippen LogP contribution in [0.2, 0.25) is 0 Å². The molecule has 0 spiro atoms. The molecule has 0 unspecified atom stereocenters. The van der Waals surface area contributed by atoms with Crippen LogP contribution in [0.5, 0.6) is 0 Å². The molecule has 0 atom stereocenters. The predicted octanol–water partition coefficient (Wildman–Crippen LogP) is 11.2. The zero-order valence-electron chi connectivity index (χ0n) is 24.0. The molecule has 4 aliphatic carbocycles. The van der Waals surface area contributed by atoms with E-state index in [2.05, 4.69) is 18.2 Å². The van der Waals surface area contributed by atoms with Gasteiger partial charge in [0.2, 0.25) is 0 Å². The molecule has 0 N–H and O–H groups in total. The molecule has 0 bridgehead atoms. The SMILES string of the molecule is [Fe+2].c1cc(CP(C2CCCCC2)C2CCCCC2)c(P(C2CCCCC2)C2CCCCC2)[cH-]1.c1cc[cH-]c1. The summed E-state index contributed by atoms with van der Waals surface area (Å²) < 4.78 is 0. The van der Waals surface area contributed by atoms with Gasteiger partial charge in [0.1, 0.15) is 0 Å². The minimum Gasteiger partial charge on any atom is -0.214 e. The fraction of sp³-hybridized carbons (Fsp3) is 0.714. The number of hydrogen-bond acceptors (Lipinski definition) is 0. The molecule has 0 aliphatic heterocycles. The van der Waals surface area contributed by atoms with Crippen LogP contribution >= 0.6 is 15.8 Å². The normalized spacial score (nSPS) is 22.7. The Labute approximate surface area is 248 Å². The van der Waals surface area contributed by atoms with E-state index >= 15 is 0 Å². The summed E-state index contributed by atoms with van der Waals surface area (Å²) in [5, 5.41) is 1.93. The topological polar surface area (TPSA) is 0 Å². The molecule has 2 aromatic carbocycles. The smallest absolute Gasteiger partial charge is 0.214 e. The molecule has 0 amide bonds. The van der Waals surface area contributed by atoms with Gasteiger partial charge >= 0.3 is 17.1 Å². The van der Waals surface area contributed by atoms with Crippen LogP contribution in [0.1, 0.15) is 134 Å². The maximum atomic E-state index is 2.65. The third-order valence-electron chi connectivity index (χ3n) is 10.1. The minimum atomic E-state index is 0. The Morgan fingerprint density at radius 3 is 1.37 bits per heavy atom. The first-order valence-electron chi connectivity index (χ1n) is 16.4. The van der Waals surface area contributed by atoms with E-state index in [-0.39, 0.29) is 32.9 Å². The van der Waals surface area contributed by atoms with Gasteiger partial charge in [-0.1, -0.05) is 91.1 Å². The van der Waals surface area contributed by atoms with Gasteiger partial charge in [0, 0.05) is 0 Å². The fourth-order valence-electron chi connectivity index (χ4n) is 8.14. The van der Waals surface area contributed by atoms with E-state index in [1.807, 2.05) is 41.2 Å². The molecule has 212 valence electrons. The van der Waals surface area contributed by atoms with Gasteiger partial charge in [0.05, 0.1) is 0 Å². The molecule has 4 saturated carbocycles. The summed E-state index contributed by atoms with van der Waals surface area (Å²) in [5.74, 6) is 0. The summed E-state index contributed by atoms with van der Waals surface area (Å²) >= 11 is 0. The molecular formula is C35H54FeP2. The van der Waals surface area contributed by atoms with Crippen molar-refractivity contribution in [3.63, 3.8) is 0 Å². The van der Waals surface area contributed by atoms with Crippen LogP contribution in [0, 0.1) is 0 Å². The van der Waals surface area contributed by atoms with Gasteiger partial charge in [-0.3, -0.25) is 0 Å². The Morgan fingerprint density at radius 2 is 0.974 bits per heavy atom. The van der Waals surface area contributed by atoms with Gasteiger partial charge < -0.3 is 0 Å². The molecule has 4 aliphatic rings. The van der Waals surface area contributed by atoms with Crippen molar-refractivity contribution in [2.75, 3.05) is 0 Å². The van der Waals surface area contributed by atoms with Crippen molar-refractivity contribution >= 4 is 21.1 Å². The van der Waals surface area contributed by atoms with E-state index in [4.69, 9.17) is 0 Å². The summed E-state index contributed by atoms with van der Waals surface area (Å²) in [6.07, 6.45) is 32.2. The first-order chi connectivity index (χ1) is 18.4. The molecule has 0 saturated heterocycles. The Balaban J connectivity index is 0.000000504. The summed E-state index contributed by atoms with van der Waals surface area (Å²) in [6.45, 7) is 0. The van der Waals surface area contributed by atoms with Crippen LogP contribution < -0.4 is 5.30 Å². The molecule has 0 radical (unpaired) electrons. The molecule has 2 aromatic rings. The fourth-order valence-corrected chi connectivity index (χ4v) is 16.1. The van der Waals surface area contributed by atoms with Crippen LogP contribution in [-0.2, 0) is 23.2 Å². The molecule has 0 aromatic heterocycles. The van der Waals surface area contributed by atoms with E-state index in [9.17, 15) is 0 Å². The summed E-state index contributed by atoms with van der Waals surface area (Å²) in [6, 6.07) is 17.8. The van der Waals surface area contributed by atoms with Crippen molar-refractivity contribution in [1.29, 1.82) is 0 Å². The summed E-state index contributed by atoms with van der Waals surface area (Å²) in [5.41, 5.74) is 6.17. The number of hydrogen-bond donors (Lipinski definition) is 0. The second kappa shape index (κ2) is 17.1. The van der Waals surface area contributed by atoms with Crippen molar-refractivity contribution < 1.29 is 17.1 Å². The van der Waals surface area contributed by atoms with E-state index in [0.717, 1.165) is 22.6 Å². The third-order valence-corrected chi connectivity index (χ3v) is 17.3. The molecule has 4 fully saturated rings. The van der Waals surface area contributed by atoms with Crippen molar-refractivity contribution in [1.82, 2.24) is 0 Å². The van der Waals surface area contributed by atoms with Crippen LogP contribution in [0.15, 0.2) is 48.5 Å². The predicted molar refractivity (Wildman–Crippen MR) is 169 cm³/mol. The van der Waals surface area contributed by atoms with Gasteiger partial charge in [-0.2, -0.15) is 35.9 Å². The van der Waals surface area contributed by atoms with E-state index < -0.39 is 0 Å². The Kier molecular flexibility index (Phi) is 14.0. The van der Waals surface area contributed by atoms with Crippen molar-refractivity contribution in [2.45, 2.75) is 157 Å². The Morgan fingerprint density at radius 1 is 0.553 bits per heavy atom. The second-order valence-electron chi connectivity index (χ2n) is 12.6. The van der Waals surface area contributed by atoms with Gasteiger partial charge in [-0.25, -0.2) is 18.2 Å². The standard InChI is InChI=1S/C30H49P2.C5H5.Fe/c1-5-15-26(16-6-1)31(27-17-7-2-8-18-27)24-25-14-13-23-30(25)32(28-19-9-3-10-20-28)29-21-11-4-12-22-29;1-2-4-5-3-1;/h13-14,23,26-29H,1-12,15-22,24H2;1-5H;/q2*-1;+2. The largest absolute Gasteiger partial charge is 2.00 e. The maximum Gasteiger partial charge on any atom is 2.00 e. The quantitative estimate of drug-likeness (QED) is 0.170. The van der Waals surface area contributed by atoms with Crippen LogP contribution in [0.3, 0.4) is 0 Å². The zero-order valence-corrected chi connectivity index (χ0v) is 26.9. The van der Waals surface area contributed by atoms with E-state index in [1.54, 1.807) is 51.4 Å². The molecule has 0 heterocycles. The van der Waals surface area contributed by atoms with Crippen LogP contribution in [-0.4, -0.2) is 22.6 Å². The van der Waals surface area contributed by atoms with Gasteiger partial charge in [0.15, 0.2) is 0 Å². The molecule has 6 rings (SSSR count). The number of rotatable bonds is 7. The molecular weight excluding hydrogens is 538 g/mol. The van der Waals surface area contributed by atoms with Crippen molar-refractivity contribution in [3.05, 3.63) is 54.1 Å². The van der Waals surface area contributed by atoms with Gasteiger partial charge in [0.25, 0.3) is 0 Å². The maximum absolute atomic E-state index is 2.65. The van der Waals surface area contributed by atoms with E-state index in [0.29, 0.717) is 0 Å². The average Bonchev–Trinajstić information content (AvgIpc) is 3.70. The van der Waals surface area contributed by atoms with E-state index in [1.165, 1.54) is 83.2 Å². The first-order valence-corrected chi connectivity index (χ1v) is 19.5. The Hall–Kier alpha value is 0.0795. The van der Waals surface area contributed by atoms with Crippen molar-refractivity contribution in [2.24, 2.45) is 0 Å². The molecule has 3 heteroatoms. The minimum absolute atomic E-state index is 0. The molecule has 38 heavy (non-hydrogen) atoms. The van der Waals surface area contributed by atoms with Gasteiger partial charge in [-0.15, -0.1) is 13.2 Å². The van der Waals surface area contributed by atoms with Crippen molar-refractivity contribution in [3.8, 4) is 0 Å². The molecule has 0 nitrogen and oxygen atoms in total. The van der Waals surface area contributed by atoms with Gasteiger partial charge in [-0.05, 0) is 74.0 Å². The summed E-state index contributed by atoms with van der Waals surface area (Å²) in [4.78, 5) is 0. The van der Waals surface area contributed by atoms with Crippen LogP contribution in [0.25, 0.3) is 0 Å². The average molecular weight is 593 g/mol. The Bertz CT molecular complexity index is 780. The third kappa shape index (κ3) is 8.79. The van der Waals surface area contributed by atoms with Crippen LogP contribution in [0.4, 0.5) is 0 Å². The monoisotopic (exact) mass is 592 g/mol. The first kappa shape index (κ1) is 31.0.